The highest BCUT2D eigenvalue weighted by molar-refractivity contribution is 9.10. The van der Waals surface area contributed by atoms with Crippen molar-refractivity contribution >= 4 is 33.2 Å². The van der Waals surface area contributed by atoms with Crippen molar-refractivity contribution in [1.82, 2.24) is 10.3 Å². The second-order valence-corrected chi connectivity index (χ2v) is 7.80. The van der Waals surface area contributed by atoms with Gasteiger partial charge in [0, 0.05) is 15.4 Å². The quantitative estimate of drug-likeness (QED) is 0.578. The van der Waals surface area contributed by atoms with Crippen LogP contribution in [0.3, 0.4) is 0 Å². The van der Waals surface area contributed by atoms with E-state index in [-0.39, 0.29) is 11.9 Å². The van der Waals surface area contributed by atoms with Crippen molar-refractivity contribution < 1.29 is 9.53 Å². The van der Waals surface area contributed by atoms with Crippen LogP contribution in [0.2, 0.25) is 0 Å². The highest BCUT2D eigenvalue weighted by Gasteiger charge is 2.13. The van der Waals surface area contributed by atoms with Gasteiger partial charge in [0.05, 0.1) is 16.7 Å². The smallest absolute Gasteiger partial charge is 0.251 e. The van der Waals surface area contributed by atoms with Gasteiger partial charge in [0.25, 0.3) is 5.91 Å². The van der Waals surface area contributed by atoms with Crippen LogP contribution in [0, 0.1) is 6.92 Å². The number of carbonyl (C=O) groups is 1. The fraction of sp³-hybridized carbons (Fsp3) is 0.200. The summed E-state index contributed by atoms with van der Waals surface area (Å²) >= 11 is 5.12. The van der Waals surface area contributed by atoms with Crippen LogP contribution in [0.1, 0.15) is 39.6 Å². The lowest BCUT2D eigenvalue weighted by Crippen LogP contribution is -2.26. The average molecular weight is 431 g/mol. The van der Waals surface area contributed by atoms with Gasteiger partial charge in [0.15, 0.2) is 0 Å². The van der Waals surface area contributed by atoms with Crippen molar-refractivity contribution in [2.45, 2.75) is 26.5 Å². The number of nitrogens with zero attached hydrogens (tertiary/aromatic N) is 1. The van der Waals surface area contributed by atoms with E-state index in [0.29, 0.717) is 17.9 Å². The Bertz CT molecular complexity index is 893. The predicted molar refractivity (Wildman–Crippen MR) is 108 cm³/mol. The summed E-state index contributed by atoms with van der Waals surface area (Å²) in [4.78, 5) is 16.8. The van der Waals surface area contributed by atoms with Crippen molar-refractivity contribution in [3.8, 4) is 5.75 Å². The number of nitrogens with one attached hydrogen (secondary N) is 1. The molecule has 134 valence electrons. The normalized spacial score (nSPS) is 11.8. The van der Waals surface area contributed by atoms with Crippen LogP contribution >= 0.6 is 27.3 Å². The molecular formula is C20H19BrN2O2S. The standard InChI is InChI=1S/C20H19BrN2O2S/c1-13(18-5-3-4-6-19(18)21)22-20(24)15-7-9-17(10-8-15)25-11-16-12-26-14(2)23-16/h3-10,12-13H,11H2,1-2H3,(H,22,24)/t13-/m1/s1. The van der Waals surface area contributed by atoms with Crippen LogP contribution < -0.4 is 10.1 Å². The summed E-state index contributed by atoms with van der Waals surface area (Å²) in [5.74, 6) is 0.598. The summed E-state index contributed by atoms with van der Waals surface area (Å²) in [7, 11) is 0. The van der Waals surface area contributed by atoms with Gasteiger partial charge in [-0.2, -0.15) is 0 Å². The SMILES string of the molecule is Cc1nc(COc2ccc(C(=O)N[C@H](C)c3ccccc3Br)cc2)cs1. The van der Waals surface area contributed by atoms with Crippen LogP contribution in [-0.4, -0.2) is 10.9 Å². The molecule has 1 heterocycles. The molecule has 2 aromatic carbocycles. The summed E-state index contributed by atoms with van der Waals surface area (Å²) in [5, 5.41) is 6.02. The van der Waals surface area contributed by atoms with E-state index in [1.54, 1.807) is 35.6 Å². The molecule has 0 radical (unpaired) electrons. The van der Waals surface area contributed by atoms with E-state index in [1.807, 2.05) is 43.5 Å². The summed E-state index contributed by atoms with van der Waals surface area (Å²) in [6.45, 7) is 4.36. The Morgan fingerprint density at radius 1 is 1.23 bits per heavy atom. The molecule has 0 saturated heterocycles. The molecule has 0 aliphatic heterocycles. The second-order valence-electron chi connectivity index (χ2n) is 5.89. The number of hydrogen-bond acceptors (Lipinski definition) is 4. The molecule has 6 heteroatoms. The zero-order valence-corrected chi connectivity index (χ0v) is 16.9. The van der Waals surface area contributed by atoms with Gasteiger partial charge in [-0.3, -0.25) is 4.79 Å². The Kier molecular flexibility index (Phi) is 6.06. The summed E-state index contributed by atoms with van der Waals surface area (Å²) < 4.78 is 6.69. The molecule has 0 bridgehead atoms. The van der Waals surface area contributed by atoms with E-state index in [9.17, 15) is 4.79 Å². The summed E-state index contributed by atoms with van der Waals surface area (Å²) in [6, 6.07) is 14.9. The van der Waals surface area contributed by atoms with Gasteiger partial charge in [-0.15, -0.1) is 11.3 Å². The van der Waals surface area contributed by atoms with Crippen molar-refractivity contribution in [3.63, 3.8) is 0 Å². The maximum atomic E-state index is 12.5. The van der Waals surface area contributed by atoms with Gasteiger partial charge in [-0.05, 0) is 49.7 Å². The fourth-order valence-corrected chi connectivity index (χ4v) is 3.74. The molecular weight excluding hydrogens is 412 g/mol. The average Bonchev–Trinajstić information content (AvgIpc) is 3.06. The zero-order valence-electron chi connectivity index (χ0n) is 14.5. The van der Waals surface area contributed by atoms with E-state index in [0.717, 1.165) is 20.7 Å². The topological polar surface area (TPSA) is 51.2 Å². The number of ether oxygens (including phenoxy) is 1. The first kappa shape index (κ1) is 18.6. The van der Waals surface area contributed by atoms with Gasteiger partial charge >= 0.3 is 0 Å². The van der Waals surface area contributed by atoms with Crippen LogP contribution in [0.15, 0.2) is 58.4 Å². The third-order valence-corrected chi connectivity index (χ3v) is 5.43. The Labute approximate surface area is 165 Å². The highest BCUT2D eigenvalue weighted by Crippen LogP contribution is 2.23. The number of halogens is 1. The first-order chi connectivity index (χ1) is 12.5. The minimum absolute atomic E-state index is 0.0955. The van der Waals surface area contributed by atoms with E-state index in [2.05, 4.69) is 26.2 Å². The molecule has 1 atom stereocenters. The third-order valence-electron chi connectivity index (χ3n) is 3.89. The number of thiazole rings is 1. The number of hydrogen-bond donors (Lipinski definition) is 1. The maximum absolute atomic E-state index is 12.5. The zero-order chi connectivity index (χ0) is 18.5. The highest BCUT2D eigenvalue weighted by atomic mass is 79.9. The molecule has 26 heavy (non-hydrogen) atoms. The number of rotatable bonds is 6. The van der Waals surface area contributed by atoms with E-state index in [4.69, 9.17) is 4.74 Å². The molecule has 0 unspecified atom stereocenters. The Morgan fingerprint density at radius 3 is 2.62 bits per heavy atom. The lowest BCUT2D eigenvalue weighted by Gasteiger charge is -2.16. The lowest BCUT2D eigenvalue weighted by molar-refractivity contribution is 0.0939. The molecule has 0 saturated carbocycles. The van der Waals surface area contributed by atoms with Gasteiger partial charge in [-0.1, -0.05) is 34.1 Å². The molecule has 0 aliphatic carbocycles. The molecule has 1 N–H and O–H groups in total. The molecule has 0 aliphatic rings. The molecule has 3 rings (SSSR count). The van der Waals surface area contributed by atoms with Gasteiger partial charge in [-0.25, -0.2) is 4.98 Å². The monoisotopic (exact) mass is 430 g/mol. The summed E-state index contributed by atoms with van der Waals surface area (Å²) in [6.07, 6.45) is 0. The Hall–Kier alpha value is -2.18. The number of amides is 1. The van der Waals surface area contributed by atoms with Crippen molar-refractivity contribution in [1.29, 1.82) is 0 Å². The van der Waals surface area contributed by atoms with Crippen molar-refractivity contribution in [2.24, 2.45) is 0 Å². The number of benzene rings is 2. The van der Waals surface area contributed by atoms with E-state index >= 15 is 0 Å². The molecule has 3 aromatic rings. The van der Waals surface area contributed by atoms with Crippen molar-refractivity contribution in [2.75, 3.05) is 0 Å². The molecule has 4 nitrogen and oxygen atoms in total. The molecule has 0 fully saturated rings. The summed E-state index contributed by atoms with van der Waals surface area (Å²) in [5.41, 5.74) is 2.55. The lowest BCUT2D eigenvalue weighted by atomic mass is 10.1. The van der Waals surface area contributed by atoms with Crippen LogP contribution in [0.5, 0.6) is 5.75 Å². The minimum atomic E-state index is -0.116. The second kappa shape index (κ2) is 8.47. The fourth-order valence-electron chi connectivity index (χ4n) is 2.52. The Morgan fingerprint density at radius 2 is 1.96 bits per heavy atom. The van der Waals surface area contributed by atoms with Crippen LogP contribution in [-0.2, 0) is 6.61 Å². The third kappa shape index (κ3) is 4.71. The number of aromatic nitrogens is 1. The van der Waals surface area contributed by atoms with Gasteiger partial charge in [0.1, 0.15) is 12.4 Å². The number of carbonyl (C=O) groups excluding carboxylic acids is 1. The van der Waals surface area contributed by atoms with Crippen molar-refractivity contribution in [3.05, 3.63) is 80.2 Å². The minimum Gasteiger partial charge on any atom is -0.487 e. The maximum Gasteiger partial charge on any atom is 0.251 e. The largest absolute Gasteiger partial charge is 0.487 e. The van der Waals surface area contributed by atoms with Crippen LogP contribution in [0.25, 0.3) is 0 Å². The molecule has 0 spiro atoms. The van der Waals surface area contributed by atoms with Gasteiger partial charge < -0.3 is 10.1 Å². The number of aryl methyl sites for hydroxylation is 1. The van der Waals surface area contributed by atoms with E-state index < -0.39 is 0 Å². The predicted octanol–water partition coefficient (Wildman–Crippen LogP) is 5.28. The Balaban J connectivity index is 1.59. The van der Waals surface area contributed by atoms with Gasteiger partial charge in [0.2, 0.25) is 0 Å². The molecule has 1 amide bonds. The van der Waals surface area contributed by atoms with Crippen LogP contribution in [0.4, 0.5) is 0 Å². The van der Waals surface area contributed by atoms with E-state index in [1.165, 1.54) is 0 Å². The first-order valence-corrected chi connectivity index (χ1v) is 9.89. The first-order valence-electron chi connectivity index (χ1n) is 8.22. The molecule has 1 aromatic heterocycles.